The van der Waals surface area contributed by atoms with Gasteiger partial charge in [-0.2, -0.15) is 5.10 Å². The van der Waals surface area contributed by atoms with Gasteiger partial charge in [-0.3, -0.25) is 9.58 Å². The van der Waals surface area contributed by atoms with Crippen LogP contribution in [0.4, 0.5) is 17.3 Å². The Morgan fingerprint density at radius 3 is 2.61 bits per heavy atom. The van der Waals surface area contributed by atoms with Gasteiger partial charge < -0.3 is 20.1 Å². The number of aliphatic hydroxyl groups excluding tert-OH is 1. The average Bonchev–Trinajstić information content (AvgIpc) is 3.34. The van der Waals surface area contributed by atoms with Crippen molar-refractivity contribution in [3.63, 3.8) is 0 Å². The number of nitrogens with zero attached hydrogens (tertiary/aromatic N) is 6. The third kappa shape index (κ3) is 4.04. The molecule has 2 fully saturated rings. The standard InChI is InChI=1S/C20H23Cl2N7O2/c1-27-19(22)15(9-24-27)26-20-23-8-12-6-13(21)16(7-14(12)25-20)28-2-4-29(5-3-28)17-10-31-11-18(17)30/h6-9,17-18,30H,2-5,10-11H2,1H3,(H,23,25,26)/t17-,18+/m0/s1. The Kier molecular flexibility index (Phi) is 5.61. The maximum atomic E-state index is 10.1. The van der Waals surface area contributed by atoms with Crippen molar-refractivity contribution in [1.82, 2.24) is 24.6 Å². The van der Waals surface area contributed by atoms with Crippen LogP contribution in [-0.2, 0) is 11.8 Å². The first kappa shape index (κ1) is 20.7. The first-order valence-electron chi connectivity index (χ1n) is 10.2. The fourth-order valence-electron chi connectivity index (χ4n) is 4.14. The van der Waals surface area contributed by atoms with Gasteiger partial charge in [-0.15, -0.1) is 0 Å². The second kappa shape index (κ2) is 8.40. The summed E-state index contributed by atoms with van der Waals surface area (Å²) < 4.78 is 6.97. The molecular weight excluding hydrogens is 441 g/mol. The molecule has 3 aromatic rings. The predicted octanol–water partition coefficient (Wildman–Crippen LogP) is 2.30. The van der Waals surface area contributed by atoms with Crippen LogP contribution in [0, 0.1) is 0 Å². The zero-order chi connectivity index (χ0) is 21.5. The highest BCUT2D eigenvalue weighted by Gasteiger charge is 2.33. The number of anilines is 3. The largest absolute Gasteiger partial charge is 0.389 e. The molecule has 9 nitrogen and oxygen atoms in total. The zero-order valence-electron chi connectivity index (χ0n) is 17.0. The van der Waals surface area contributed by atoms with Gasteiger partial charge >= 0.3 is 0 Å². The summed E-state index contributed by atoms with van der Waals surface area (Å²) in [4.78, 5) is 13.6. The van der Waals surface area contributed by atoms with Crippen molar-refractivity contribution in [2.45, 2.75) is 12.1 Å². The van der Waals surface area contributed by atoms with E-state index >= 15 is 0 Å². The maximum Gasteiger partial charge on any atom is 0.227 e. The van der Waals surface area contributed by atoms with E-state index in [0.29, 0.717) is 35.0 Å². The Labute approximate surface area is 189 Å². The van der Waals surface area contributed by atoms with Crippen molar-refractivity contribution < 1.29 is 9.84 Å². The maximum absolute atomic E-state index is 10.1. The summed E-state index contributed by atoms with van der Waals surface area (Å²) in [5.41, 5.74) is 2.38. The van der Waals surface area contributed by atoms with Crippen molar-refractivity contribution >= 4 is 51.4 Å². The topological polar surface area (TPSA) is 91.6 Å². The number of nitrogens with one attached hydrogen (secondary N) is 1. The lowest BCUT2D eigenvalue weighted by Crippen LogP contribution is -2.53. The Morgan fingerprint density at radius 2 is 1.94 bits per heavy atom. The predicted molar refractivity (Wildman–Crippen MR) is 120 cm³/mol. The lowest BCUT2D eigenvalue weighted by Gasteiger charge is -2.39. The summed E-state index contributed by atoms with van der Waals surface area (Å²) in [6.07, 6.45) is 2.96. The molecule has 0 amide bonds. The molecule has 2 atom stereocenters. The van der Waals surface area contributed by atoms with Crippen LogP contribution in [-0.4, -0.2) is 81.3 Å². The molecular formula is C20H23Cl2N7O2. The molecule has 0 aliphatic carbocycles. The minimum Gasteiger partial charge on any atom is -0.389 e. The molecule has 2 aromatic heterocycles. The molecule has 11 heteroatoms. The minimum atomic E-state index is -0.410. The smallest absolute Gasteiger partial charge is 0.227 e. The van der Waals surface area contributed by atoms with Gasteiger partial charge in [0.25, 0.3) is 0 Å². The Bertz CT molecular complexity index is 1100. The summed E-state index contributed by atoms with van der Waals surface area (Å²) in [5.74, 6) is 0.440. The molecule has 2 aliphatic rings. The van der Waals surface area contributed by atoms with Gasteiger partial charge in [0.05, 0.1) is 53.5 Å². The molecule has 31 heavy (non-hydrogen) atoms. The number of hydrogen-bond acceptors (Lipinski definition) is 8. The van der Waals surface area contributed by atoms with Gasteiger partial charge in [0, 0.05) is 44.8 Å². The third-order valence-corrected chi connectivity index (χ3v) is 6.66. The minimum absolute atomic E-state index is 0.0786. The molecule has 2 aliphatic heterocycles. The lowest BCUT2D eigenvalue weighted by molar-refractivity contribution is 0.0785. The normalized spacial score (nSPS) is 22.4. The molecule has 164 valence electrons. The highest BCUT2D eigenvalue weighted by molar-refractivity contribution is 6.34. The number of rotatable bonds is 4. The van der Waals surface area contributed by atoms with Crippen LogP contribution in [0.1, 0.15) is 0 Å². The van der Waals surface area contributed by atoms with Crippen LogP contribution >= 0.6 is 23.2 Å². The fourth-order valence-corrected chi connectivity index (χ4v) is 4.58. The number of hydrogen-bond donors (Lipinski definition) is 2. The van der Waals surface area contributed by atoms with Crippen LogP contribution in [0.3, 0.4) is 0 Å². The van der Waals surface area contributed by atoms with Crippen molar-refractivity contribution in [2.24, 2.45) is 7.05 Å². The fraction of sp³-hybridized carbons (Fsp3) is 0.450. The number of halogens is 2. The molecule has 0 radical (unpaired) electrons. The van der Waals surface area contributed by atoms with E-state index in [0.717, 1.165) is 42.8 Å². The third-order valence-electron chi connectivity index (χ3n) is 5.91. The van der Waals surface area contributed by atoms with Crippen molar-refractivity contribution in [3.8, 4) is 0 Å². The van der Waals surface area contributed by atoms with Gasteiger partial charge in [-0.05, 0) is 12.1 Å². The zero-order valence-corrected chi connectivity index (χ0v) is 18.5. The Balaban J connectivity index is 1.35. The van der Waals surface area contributed by atoms with Gasteiger partial charge in [0.2, 0.25) is 5.95 Å². The summed E-state index contributed by atoms with van der Waals surface area (Å²) in [6, 6.07) is 3.97. The van der Waals surface area contributed by atoms with Gasteiger partial charge in [-0.25, -0.2) is 9.97 Å². The van der Waals surface area contributed by atoms with Gasteiger partial charge in [-0.1, -0.05) is 23.2 Å². The molecule has 5 rings (SSSR count). The number of aliphatic hydroxyl groups is 1. The molecule has 2 saturated heterocycles. The molecule has 0 spiro atoms. The van der Waals surface area contributed by atoms with Crippen LogP contribution in [0.5, 0.6) is 0 Å². The summed E-state index contributed by atoms with van der Waals surface area (Å²) in [7, 11) is 1.77. The highest BCUT2D eigenvalue weighted by Crippen LogP contribution is 2.32. The first-order chi connectivity index (χ1) is 15.0. The molecule has 2 N–H and O–H groups in total. The number of benzene rings is 1. The number of aromatic nitrogens is 4. The quantitative estimate of drug-likeness (QED) is 0.608. The summed E-state index contributed by atoms with van der Waals surface area (Å²) >= 11 is 12.8. The van der Waals surface area contributed by atoms with Crippen LogP contribution in [0.2, 0.25) is 10.2 Å². The van der Waals surface area contributed by atoms with E-state index in [-0.39, 0.29) is 6.04 Å². The SMILES string of the molecule is Cn1ncc(Nc2ncc3cc(Cl)c(N4CCN([C@H]5COC[C@H]5O)CC4)cc3n2)c1Cl. The van der Waals surface area contributed by atoms with Crippen molar-refractivity contribution in [1.29, 1.82) is 0 Å². The molecule has 0 bridgehead atoms. The molecule has 1 aromatic carbocycles. The second-order valence-corrected chi connectivity index (χ2v) is 8.61. The van der Waals surface area contributed by atoms with E-state index < -0.39 is 6.10 Å². The Morgan fingerprint density at radius 1 is 1.13 bits per heavy atom. The average molecular weight is 464 g/mol. The first-order valence-corrected chi connectivity index (χ1v) is 10.9. The molecule has 0 saturated carbocycles. The van der Waals surface area contributed by atoms with Crippen molar-refractivity contribution in [3.05, 3.63) is 34.7 Å². The number of fused-ring (bicyclic) bond motifs is 1. The van der Waals surface area contributed by atoms with E-state index in [2.05, 4.69) is 30.2 Å². The van der Waals surface area contributed by atoms with E-state index in [1.165, 1.54) is 0 Å². The van der Waals surface area contributed by atoms with Gasteiger partial charge in [0.15, 0.2) is 0 Å². The lowest BCUT2D eigenvalue weighted by atomic mass is 10.1. The Hall–Kier alpha value is -2.17. The molecule has 0 unspecified atom stereocenters. The summed E-state index contributed by atoms with van der Waals surface area (Å²) in [5, 5.41) is 19.3. The van der Waals surface area contributed by atoms with E-state index in [1.807, 2.05) is 12.1 Å². The van der Waals surface area contributed by atoms with Gasteiger partial charge in [0.1, 0.15) is 5.15 Å². The number of ether oxygens (including phenoxy) is 1. The van der Waals surface area contributed by atoms with E-state index in [4.69, 9.17) is 27.9 Å². The van der Waals surface area contributed by atoms with Crippen LogP contribution < -0.4 is 10.2 Å². The number of aryl methyl sites for hydroxylation is 1. The molecule has 4 heterocycles. The van der Waals surface area contributed by atoms with E-state index in [9.17, 15) is 5.11 Å². The number of piperazine rings is 1. The van der Waals surface area contributed by atoms with Crippen LogP contribution in [0.25, 0.3) is 10.9 Å². The van der Waals surface area contributed by atoms with E-state index in [1.54, 1.807) is 24.1 Å². The second-order valence-electron chi connectivity index (χ2n) is 7.85. The summed E-state index contributed by atoms with van der Waals surface area (Å²) in [6.45, 7) is 4.32. The van der Waals surface area contributed by atoms with Crippen molar-refractivity contribution in [2.75, 3.05) is 49.6 Å². The van der Waals surface area contributed by atoms with Crippen LogP contribution in [0.15, 0.2) is 24.5 Å². The highest BCUT2D eigenvalue weighted by atomic mass is 35.5. The monoisotopic (exact) mass is 463 g/mol.